The first-order chi connectivity index (χ1) is 8.81. The van der Waals surface area contributed by atoms with Gasteiger partial charge in [0, 0.05) is 25.6 Å². The van der Waals surface area contributed by atoms with Crippen LogP contribution in [0.15, 0.2) is 0 Å². The van der Waals surface area contributed by atoms with Gasteiger partial charge >= 0.3 is 6.09 Å². The van der Waals surface area contributed by atoms with Crippen LogP contribution in [0.2, 0.25) is 0 Å². The number of hydrogen-bond acceptors (Lipinski definition) is 3. The fraction of sp³-hybridized carbons (Fsp3) is 0.857. The van der Waals surface area contributed by atoms with Crippen LogP contribution < -0.4 is 5.32 Å². The monoisotopic (exact) mass is 270 g/mol. The predicted molar refractivity (Wildman–Crippen MR) is 73.8 cm³/mol. The minimum absolute atomic E-state index is 0.0249. The molecule has 0 atom stereocenters. The van der Waals surface area contributed by atoms with Crippen molar-refractivity contribution in [1.29, 1.82) is 0 Å². The molecular formula is C14H26N2O3. The van der Waals surface area contributed by atoms with E-state index in [1.165, 1.54) is 0 Å². The van der Waals surface area contributed by atoms with Crippen molar-refractivity contribution in [1.82, 2.24) is 10.2 Å². The molecular weight excluding hydrogens is 244 g/mol. The summed E-state index contributed by atoms with van der Waals surface area (Å²) in [5.41, 5.74) is 0.0249. The fourth-order valence-corrected chi connectivity index (χ4v) is 2.18. The predicted octanol–water partition coefficient (Wildman–Crippen LogP) is 2.16. The lowest BCUT2D eigenvalue weighted by Crippen LogP contribution is -2.47. The molecule has 0 radical (unpaired) electrons. The van der Waals surface area contributed by atoms with Gasteiger partial charge < -0.3 is 15.0 Å². The van der Waals surface area contributed by atoms with E-state index in [0.717, 1.165) is 12.8 Å². The van der Waals surface area contributed by atoms with Crippen molar-refractivity contribution in [2.75, 3.05) is 19.7 Å². The van der Waals surface area contributed by atoms with Crippen LogP contribution >= 0.6 is 0 Å². The number of nitrogens with one attached hydrogen (secondary N) is 1. The molecule has 0 saturated carbocycles. The zero-order chi connectivity index (χ0) is 14.5. The van der Waals surface area contributed by atoms with Gasteiger partial charge in [-0.15, -0.1) is 0 Å². The minimum Gasteiger partial charge on any atom is -0.450 e. The van der Waals surface area contributed by atoms with Crippen molar-refractivity contribution >= 4 is 12.0 Å². The van der Waals surface area contributed by atoms with Gasteiger partial charge in [0.25, 0.3) is 0 Å². The standard InChI is InChI=1S/C14H26N2O3/c1-5-19-13(18)15-11-6-8-16(9-7-11)12(17)10-14(2,3)4/h11H,5-10H2,1-4H3,(H,15,18). The summed E-state index contributed by atoms with van der Waals surface area (Å²) in [6.07, 6.45) is 1.81. The lowest BCUT2D eigenvalue weighted by atomic mass is 9.91. The third kappa shape index (κ3) is 5.94. The number of amides is 2. The lowest BCUT2D eigenvalue weighted by molar-refractivity contribution is -0.134. The second-order valence-corrected chi connectivity index (χ2v) is 6.26. The Labute approximate surface area is 115 Å². The highest BCUT2D eigenvalue weighted by Gasteiger charge is 2.26. The topological polar surface area (TPSA) is 58.6 Å². The summed E-state index contributed by atoms with van der Waals surface area (Å²) in [6, 6.07) is 0.123. The van der Waals surface area contributed by atoms with Crippen LogP contribution in [-0.2, 0) is 9.53 Å². The number of carbonyl (C=O) groups is 2. The molecule has 1 N–H and O–H groups in total. The van der Waals surface area contributed by atoms with Gasteiger partial charge in [-0.3, -0.25) is 4.79 Å². The van der Waals surface area contributed by atoms with E-state index in [2.05, 4.69) is 26.1 Å². The Bertz CT molecular complexity index is 315. The first-order valence-electron chi connectivity index (χ1n) is 7.03. The quantitative estimate of drug-likeness (QED) is 0.855. The largest absolute Gasteiger partial charge is 0.450 e. The number of likely N-dealkylation sites (tertiary alicyclic amines) is 1. The van der Waals surface area contributed by atoms with Gasteiger partial charge in [-0.05, 0) is 25.2 Å². The molecule has 1 aliphatic heterocycles. The Morgan fingerprint density at radius 2 is 1.84 bits per heavy atom. The third-order valence-electron chi connectivity index (χ3n) is 3.13. The first kappa shape index (κ1) is 15.8. The summed E-state index contributed by atoms with van der Waals surface area (Å²) in [5.74, 6) is 0.210. The molecule has 19 heavy (non-hydrogen) atoms. The van der Waals surface area contributed by atoms with Gasteiger partial charge in [-0.2, -0.15) is 0 Å². The van der Waals surface area contributed by atoms with Crippen LogP contribution in [0.25, 0.3) is 0 Å². The maximum Gasteiger partial charge on any atom is 0.407 e. The molecule has 0 aromatic carbocycles. The molecule has 5 heteroatoms. The van der Waals surface area contributed by atoms with E-state index in [4.69, 9.17) is 4.74 Å². The van der Waals surface area contributed by atoms with Crippen molar-refractivity contribution in [2.45, 2.75) is 53.0 Å². The van der Waals surface area contributed by atoms with Crippen LogP contribution in [0.5, 0.6) is 0 Å². The molecule has 1 heterocycles. The fourth-order valence-electron chi connectivity index (χ4n) is 2.18. The Hall–Kier alpha value is -1.26. The molecule has 0 aliphatic carbocycles. The zero-order valence-electron chi connectivity index (χ0n) is 12.5. The molecule has 2 amide bonds. The highest BCUT2D eigenvalue weighted by Crippen LogP contribution is 2.21. The number of alkyl carbamates (subject to hydrolysis) is 1. The summed E-state index contributed by atoms with van der Waals surface area (Å²) in [7, 11) is 0. The Kier molecular flexibility index (Phi) is 5.63. The van der Waals surface area contributed by atoms with Crippen LogP contribution in [0.3, 0.4) is 0 Å². The summed E-state index contributed by atoms with van der Waals surface area (Å²) < 4.78 is 4.85. The minimum atomic E-state index is -0.359. The molecule has 0 aromatic heterocycles. The smallest absolute Gasteiger partial charge is 0.407 e. The zero-order valence-corrected chi connectivity index (χ0v) is 12.5. The molecule has 0 unspecified atom stereocenters. The van der Waals surface area contributed by atoms with Crippen molar-refractivity contribution in [3.05, 3.63) is 0 Å². The molecule has 0 bridgehead atoms. The first-order valence-corrected chi connectivity index (χ1v) is 7.03. The number of piperidine rings is 1. The number of rotatable bonds is 3. The van der Waals surface area contributed by atoms with Crippen molar-refractivity contribution < 1.29 is 14.3 Å². The Morgan fingerprint density at radius 3 is 2.32 bits per heavy atom. The van der Waals surface area contributed by atoms with Gasteiger partial charge in [-0.25, -0.2) is 4.79 Å². The van der Waals surface area contributed by atoms with Crippen molar-refractivity contribution in [2.24, 2.45) is 5.41 Å². The molecule has 0 spiro atoms. The second-order valence-electron chi connectivity index (χ2n) is 6.26. The number of hydrogen-bond donors (Lipinski definition) is 1. The SMILES string of the molecule is CCOC(=O)NC1CCN(C(=O)CC(C)(C)C)CC1. The van der Waals surface area contributed by atoms with E-state index in [0.29, 0.717) is 26.1 Å². The van der Waals surface area contributed by atoms with Gasteiger partial charge in [0.15, 0.2) is 0 Å². The summed E-state index contributed by atoms with van der Waals surface area (Å²) in [6.45, 7) is 9.81. The van der Waals surface area contributed by atoms with Crippen LogP contribution in [0.1, 0.15) is 47.0 Å². The van der Waals surface area contributed by atoms with E-state index in [1.807, 2.05) is 4.90 Å². The second kappa shape index (κ2) is 6.78. The molecule has 0 aromatic rings. The highest BCUT2D eigenvalue weighted by molar-refractivity contribution is 5.77. The molecule has 1 aliphatic rings. The normalized spacial score (nSPS) is 17.2. The molecule has 1 fully saturated rings. The van der Waals surface area contributed by atoms with Gasteiger partial charge in [-0.1, -0.05) is 20.8 Å². The molecule has 1 rings (SSSR count). The highest BCUT2D eigenvalue weighted by atomic mass is 16.5. The van der Waals surface area contributed by atoms with Crippen molar-refractivity contribution in [3.8, 4) is 0 Å². The van der Waals surface area contributed by atoms with Crippen molar-refractivity contribution in [3.63, 3.8) is 0 Å². The maximum absolute atomic E-state index is 12.1. The summed E-state index contributed by atoms with van der Waals surface area (Å²) in [4.78, 5) is 25.3. The lowest BCUT2D eigenvalue weighted by Gasteiger charge is -2.33. The number of carbonyl (C=O) groups excluding carboxylic acids is 2. The van der Waals surface area contributed by atoms with Crippen LogP contribution in [0.4, 0.5) is 4.79 Å². The van der Waals surface area contributed by atoms with E-state index in [9.17, 15) is 9.59 Å². The number of ether oxygens (including phenoxy) is 1. The van der Waals surface area contributed by atoms with E-state index in [1.54, 1.807) is 6.92 Å². The number of nitrogens with zero attached hydrogens (tertiary/aromatic N) is 1. The molecule has 5 nitrogen and oxygen atoms in total. The summed E-state index contributed by atoms with van der Waals surface area (Å²) >= 11 is 0. The Balaban J connectivity index is 2.32. The summed E-state index contributed by atoms with van der Waals surface area (Å²) in [5, 5.41) is 2.83. The molecule has 1 saturated heterocycles. The van der Waals surface area contributed by atoms with Gasteiger partial charge in [0.2, 0.25) is 5.91 Å². The van der Waals surface area contributed by atoms with Crippen LogP contribution in [0, 0.1) is 5.41 Å². The van der Waals surface area contributed by atoms with E-state index >= 15 is 0 Å². The Morgan fingerprint density at radius 1 is 1.26 bits per heavy atom. The van der Waals surface area contributed by atoms with E-state index in [-0.39, 0.29) is 23.5 Å². The average Bonchev–Trinajstić information content (AvgIpc) is 2.27. The third-order valence-corrected chi connectivity index (χ3v) is 3.13. The van der Waals surface area contributed by atoms with Crippen LogP contribution in [-0.4, -0.2) is 42.6 Å². The average molecular weight is 270 g/mol. The van der Waals surface area contributed by atoms with E-state index < -0.39 is 0 Å². The maximum atomic E-state index is 12.1. The molecule has 110 valence electrons. The van der Waals surface area contributed by atoms with Gasteiger partial charge in [0.05, 0.1) is 6.61 Å². The van der Waals surface area contributed by atoms with Gasteiger partial charge in [0.1, 0.15) is 0 Å².